The van der Waals surface area contributed by atoms with Gasteiger partial charge in [-0.2, -0.15) is 5.10 Å². The van der Waals surface area contributed by atoms with E-state index in [4.69, 9.17) is 5.73 Å². The SMILES string of the molecule is Nc1ccn(CC(=O)NCC2CCN(C3CC3)C2)n1. The van der Waals surface area contributed by atoms with Gasteiger partial charge in [-0.05, 0) is 37.8 Å². The minimum Gasteiger partial charge on any atom is -0.382 e. The Morgan fingerprint density at radius 2 is 2.32 bits per heavy atom. The lowest BCUT2D eigenvalue weighted by Gasteiger charge is -2.15. The molecule has 6 nitrogen and oxygen atoms in total. The summed E-state index contributed by atoms with van der Waals surface area (Å²) < 4.78 is 1.57. The van der Waals surface area contributed by atoms with Crippen LogP contribution in [0.3, 0.4) is 0 Å². The zero-order chi connectivity index (χ0) is 13.2. The van der Waals surface area contributed by atoms with Crippen molar-refractivity contribution in [3.05, 3.63) is 12.3 Å². The fourth-order valence-electron chi connectivity index (χ4n) is 2.73. The molecule has 1 unspecified atom stereocenters. The lowest BCUT2D eigenvalue weighted by Crippen LogP contribution is -2.33. The normalized spacial score (nSPS) is 23.7. The van der Waals surface area contributed by atoms with Gasteiger partial charge in [0.1, 0.15) is 12.4 Å². The standard InChI is InChI=1S/C13H21N5O/c14-12-4-6-18(16-12)9-13(19)15-7-10-3-5-17(8-10)11-1-2-11/h4,6,10-11H,1-3,5,7-9H2,(H2,14,16)(H,15,19). The van der Waals surface area contributed by atoms with Crippen molar-refractivity contribution >= 4 is 11.7 Å². The van der Waals surface area contributed by atoms with Gasteiger partial charge in [0.25, 0.3) is 0 Å². The molecule has 2 heterocycles. The molecule has 1 saturated carbocycles. The van der Waals surface area contributed by atoms with Gasteiger partial charge in [0.05, 0.1) is 0 Å². The average molecular weight is 263 g/mol. The van der Waals surface area contributed by atoms with Crippen LogP contribution in [0.4, 0.5) is 5.82 Å². The van der Waals surface area contributed by atoms with Gasteiger partial charge in [-0.25, -0.2) is 0 Å². The van der Waals surface area contributed by atoms with Crippen molar-refractivity contribution in [2.24, 2.45) is 5.92 Å². The van der Waals surface area contributed by atoms with E-state index in [2.05, 4.69) is 15.3 Å². The van der Waals surface area contributed by atoms with E-state index in [0.29, 0.717) is 11.7 Å². The predicted octanol–water partition coefficient (Wildman–Crippen LogP) is 0.0658. The highest BCUT2D eigenvalue weighted by molar-refractivity contribution is 5.75. The number of nitrogens with zero attached hydrogens (tertiary/aromatic N) is 3. The van der Waals surface area contributed by atoms with Gasteiger partial charge >= 0.3 is 0 Å². The maximum absolute atomic E-state index is 11.8. The number of aromatic nitrogens is 2. The fourth-order valence-corrected chi connectivity index (χ4v) is 2.73. The number of nitrogens with one attached hydrogen (secondary N) is 1. The molecule has 6 heteroatoms. The van der Waals surface area contributed by atoms with E-state index >= 15 is 0 Å². The summed E-state index contributed by atoms with van der Waals surface area (Å²) in [6.45, 7) is 3.36. The number of likely N-dealkylation sites (tertiary alicyclic amines) is 1. The third-order valence-corrected chi connectivity index (χ3v) is 3.94. The van der Waals surface area contributed by atoms with Crippen molar-refractivity contribution in [1.82, 2.24) is 20.0 Å². The molecular formula is C13H21N5O. The van der Waals surface area contributed by atoms with E-state index in [1.54, 1.807) is 16.9 Å². The Morgan fingerprint density at radius 3 is 3.00 bits per heavy atom. The van der Waals surface area contributed by atoms with Crippen LogP contribution in [0.15, 0.2) is 12.3 Å². The second kappa shape index (κ2) is 5.21. The van der Waals surface area contributed by atoms with Crippen molar-refractivity contribution in [3.63, 3.8) is 0 Å². The van der Waals surface area contributed by atoms with Gasteiger partial charge < -0.3 is 16.0 Å². The predicted molar refractivity (Wildman–Crippen MR) is 72.4 cm³/mol. The second-order valence-electron chi connectivity index (χ2n) is 5.62. The topological polar surface area (TPSA) is 76.2 Å². The molecule has 1 amide bonds. The number of hydrogen-bond acceptors (Lipinski definition) is 4. The summed E-state index contributed by atoms with van der Waals surface area (Å²) in [5.74, 6) is 1.06. The molecular weight excluding hydrogens is 242 g/mol. The molecule has 2 fully saturated rings. The summed E-state index contributed by atoms with van der Waals surface area (Å²) in [6, 6.07) is 2.53. The second-order valence-corrected chi connectivity index (χ2v) is 5.62. The van der Waals surface area contributed by atoms with Crippen LogP contribution >= 0.6 is 0 Å². The van der Waals surface area contributed by atoms with Crippen LogP contribution in [-0.2, 0) is 11.3 Å². The number of rotatable bonds is 5. The first kappa shape index (κ1) is 12.5. The van der Waals surface area contributed by atoms with Gasteiger partial charge in [0.15, 0.2) is 0 Å². The highest BCUT2D eigenvalue weighted by atomic mass is 16.2. The maximum Gasteiger partial charge on any atom is 0.241 e. The third-order valence-electron chi connectivity index (χ3n) is 3.94. The minimum atomic E-state index is 0.00738. The number of anilines is 1. The Kier molecular flexibility index (Phi) is 3.42. The monoisotopic (exact) mass is 263 g/mol. The summed E-state index contributed by atoms with van der Waals surface area (Å²) in [6.07, 6.45) is 5.64. The molecule has 1 aromatic rings. The third kappa shape index (κ3) is 3.26. The molecule has 0 radical (unpaired) electrons. The molecule has 1 atom stereocenters. The molecule has 1 aliphatic carbocycles. The number of carbonyl (C=O) groups is 1. The molecule has 0 aromatic carbocycles. The van der Waals surface area contributed by atoms with E-state index < -0.39 is 0 Å². The molecule has 1 aliphatic heterocycles. The van der Waals surface area contributed by atoms with E-state index in [9.17, 15) is 4.79 Å². The van der Waals surface area contributed by atoms with E-state index in [1.165, 1.54) is 25.8 Å². The zero-order valence-electron chi connectivity index (χ0n) is 11.1. The molecule has 3 N–H and O–H groups in total. The zero-order valence-corrected chi connectivity index (χ0v) is 11.1. The van der Waals surface area contributed by atoms with Crippen molar-refractivity contribution in [2.45, 2.75) is 31.8 Å². The molecule has 104 valence electrons. The van der Waals surface area contributed by atoms with Crippen molar-refractivity contribution in [3.8, 4) is 0 Å². The number of amides is 1. The van der Waals surface area contributed by atoms with Crippen LogP contribution in [0.25, 0.3) is 0 Å². The largest absolute Gasteiger partial charge is 0.382 e. The molecule has 0 bridgehead atoms. The lowest BCUT2D eigenvalue weighted by molar-refractivity contribution is -0.122. The average Bonchev–Trinajstić information content (AvgIpc) is 2.99. The van der Waals surface area contributed by atoms with E-state index in [1.807, 2.05) is 0 Å². The molecule has 3 rings (SSSR count). The van der Waals surface area contributed by atoms with E-state index in [-0.39, 0.29) is 12.5 Å². The molecule has 2 aliphatic rings. The van der Waals surface area contributed by atoms with Gasteiger partial charge in [-0.1, -0.05) is 0 Å². The molecule has 1 saturated heterocycles. The smallest absolute Gasteiger partial charge is 0.241 e. The van der Waals surface area contributed by atoms with Gasteiger partial charge in [0, 0.05) is 25.3 Å². The van der Waals surface area contributed by atoms with Crippen LogP contribution in [0.2, 0.25) is 0 Å². The Morgan fingerprint density at radius 1 is 1.47 bits per heavy atom. The van der Waals surface area contributed by atoms with Gasteiger partial charge in [0.2, 0.25) is 5.91 Å². The number of nitrogens with two attached hydrogens (primary N) is 1. The quantitative estimate of drug-likeness (QED) is 0.788. The maximum atomic E-state index is 11.8. The minimum absolute atomic E-state index is 0.00738. The van der Waals surface area contributed by atoms with Crippen molar-refractivity contribution in [1.29, 1.82) is 0 Å². The first-order valence-electron chi connectivity index (χ1n) is 7.00. The molecule has 0 spiro atoms. The van der Waals surface area contributed by atoms with Crippen molar-refractivity contribution in [2.75, 3.05) is 25.4 Å². The first-order chi connectivity index (χ1) is 9.20. The Hall–Kier alpha value is -1.56. The highest BCUT2D eigenvalue weighted by Gasteiger charge is 2.34. The van der Waals surface area contributed by atoms with Crippen molar-refractivity contribution < 1.29 is 4.79 Å². The van der Waals surface area contributed by atoms with Gasteiger partial charge in [-0.15, -0.1) is 0 Å². The number of carbonyl (C=O) groups excluding carboxylic acids is 1. The molecule has 19 heavy (non-hydrogen) atoms. The first-order valence-corrected chi connectivity index (χ1v) is 7.00. The summed E-state index contributed by atoms with van der Waals surface area (Å²) in [5, 5.41) is 6.99. The van der Waals surface area contributed by atoms with E-state index in [0.717, 1.165) is 19.1 Å². The van der Waals surface area contributed by atoms with Crippen LogP contribution in [-0.4, -0.2) is 46.3 Å². The van der Waals surface area contributed by atoms with Crippen LogP contribution < -0.4 is 11.1 Å². The molecule has 1 aromatic heterocycles. The number of hydrogen-bond donors (Lipinski definition) is 2. The number of nitrogen functional groups attached to an aromatic ring is 1. The Balaban J connectivity index is 1.38. The summed E-state index contributed by atoms with van der Waals surface area (Å²) in [4.78, 5) is 14.3. The lowest BCUT2D eigenvalue weighted by atomic mass is 10.1. The Bertz CT molecular complexity index is 454. The highest BCUT2D eigenvalue weighted by Crippen LogP contribution is 2.31. The summed E-state index contributed by atoms with van der Waals surface area (Å²) in [5.41, 5.74) is 5.51. The Labute approximate surface area is 112 Å². The fraction of sp³-hybridized carbons (Fsp3) is 0.692. The summed E-state index contributed by atoms with van der Waals surface area (Å²) >= 11 is 0. The van der Waals surface area contributed by atoms with Crippen LogP contribution in [0.5, 0.6) is 0 Å². The summed E-state index contributed by atoms with van der Waals surface area (Å²) in [7, 11) is 0. The van der Waals surface area contributed by atoms with Crippen LogP contribution in [0, 0.1) is 5.92 Å². The van der Waals surface area contributed by atoms with Gasteiger partial charge in [-0.3, -0.25) is 9.48 Å². The van der Waals surface area contributed by atoms with Crippen LogP contribution in [0.1, 0.15) is 19.3 Å².